The van der Waals surface area contributed by atoms with Crippen LogP contribution in [0.2, 0.25) is 0 Å². The number of hydrogen-bond acceptors (Lipinski definition) is 4. The zero-order chi connectivity index (χ0) is 16.7. The van der Waals surface area contributed by atoms with Crippen molar-refractivity contribution >= 4 is 0 Å². The Bertz CT molecular complexity index is 263. The zero-order valence-corrected chi connectivity index (χ0v) is 18.7. The van der Waals surface area contributed by atoms with Crippen molar-refractivity contribution in [1.29, 1.82) is 0 Å². The van der Waals surface area contributed by atoms with Gasteiger partial charge in [-0.1, -0.05) is 0 Å². The summed E-state index contributed by atoms with van der Waals surface area (Å²) < 4.78 is 4.93. The molecule has 21 heavy (non-hydrogen) atoms. The van der Waals surface area contributed by atoms with Gasteiger partial charge in [-0.15, -0.1) is 0 Å². The van der Waals surface area contributed by atoms with Crippen LogP contribution in [0.3, 0.4) is 0 Å². The first-order chi connectivity index (χ1) is 9.87. The van der Waals surface area contributed by atoms with E-state index in [2.05, 4.69) is 70.1 Å². The molecule has 0 saturated carbocycles. The van der Waals surface area contributed by atoms with Crippen LogP contribution >= 0.6 is 0 Å². The summed E-state index contributed by atoms with van der Waals surface area (Å²) in [6.45, 7) is 24.5. The van der Waals surface area contributed by atoms with E-state index in [1.54, 1.807) is 0 Å². The quantitative estimate of drug-likeness (QED) is 0.438. The van der Waals surface area contributed by atoms with E-state index in [4.69, 9.17) is 3.34 Å². The molecule has 0 rings (SSSR count). The van der Waals surface area contributed by atoms with Gasteiger partial charge in [-0.05, 0) is 0 Å². The number of hydrogen-bond donors (Lipinski definition) is 0. The minimum absolute atomic E-state index is 0.120. The second kappa shape index (κ2) is 9.53. The minimum atomic E-state index is -0.141. The number of likely N-dealkylation sites (N-methyl/N-ethyl adjacent to an activating group) is 3. The normalized spacial score (nSPS) is 13.4. The summed E-state index contributed by atoms with van der Waals surface area (Å²) in [7, 11) is 0. The fourth-order valence-electron chi connectivity index (χ4n) is 3.82. The van der Waals surface area contributed by atoms with E-state index in [9.17, 15) is 0 Å². The molecular weight excluding hydrogens is 429 g/mol. The first-order valence-corrected chi connectivity index (χ1v) is 9.92. The van der Waals surface area contributed by atoms with Crippen LogP contribution in [0, 0.1) is 0 Å². The van der Waals surface area contributed by atoms with E-state index in [1.807, 2.05) is 0 Å². The van der Waals surface area contributed by atoms with Crippen molar-refractivity contribution in [3.05, 3.63) is 0 Å². The Morgan fingerprint density at radius 1 is 0.667 bits per heavy atom. The molecule has 0 aromatic rings. The van der Waals surface area contributed by atoms with Crippen molar-refractivity contribution in [1.82, 2.24) is 14.7 Å². The molecule has 0 aliphatic heterocycles. The van der Waals surface area contributed by atoms with Crippen LogP contribution in [0.1, 0.15) is 55.4 Å². The number of rotatable bonds is 11. The summed E-state index contributed by atoms with van der Waals surface area (Å²) >= 11 is 1.09. The average molecular weight is 465 g/mol. The van der Waals surface area contributed by atoms with Gasteiger partial charge in [0.05, 0.1) is 0 Å². The molecule has 0 aromatic heterocycles. The first kappa shape index (κ1) is 21.4. The molecule has 125 valence electrons. The van der Waals surface area contributed by atoms with Crippen LogP contribution in [0.5, 0.6) is 0 Å². The van der Waals surface area contributed by atoms with Crippen molar-refractivity contribution in [3.63, 3.8) is 0 Å². The molecule has 0 aliphatic carbocycles. The van der Waals surface area contributed by atoms with Gasteiger partial charge in [0.1, 0.15) is 0 Å². The maximum absolute atomic E-state index is 4.93. The summed E-state index contributed by atoms with van der Waals surface area (Å²) in [6, 6.07) is 0. The van der Waals surface area contributed by atoms with Gasteiger partial charge >= 0.3 is 145 Å². The van der Waals surface area contributed by atoms with Crippen molar-refractivity contribution in [2.45, 2.75) is 66.7 Å². The Morgan fingerprint density at radius 2 is 0.905 bits per heavy atom. The monoisotopic (exact) mass is 465 g/mol. The predicted molar refractivity (Wildman–Crippen MR) is 88.0 cm³/mol. The fraction of sp³-hybridized carbons (Fsp3) is 1.00. The molecule has 0 N–H and O–H groups in total. The molecular formula is C16H36N4Ta. The van der Waals surface area contributed by atoms with E-state index in [0.717, 1.165) is 60.2 Å². The van der Waals surface area contributed by atoms with Crippen molar-refractivity contribution in [3.8, 4) is 0 Å². The third-order valence-electron chi connectivity index (χ3n) is 4.68. The Labute approximate surface area is 145 Å². The van der Waals surface area contributed by atoms with Crippen LogP contribution in [0.25, 0.3) is 0 Å². The molecule has 0 amide bonds. The third kappa shape index (κ3) is 3.85. The Morgan fingerprint density at radius 3 is 1.05 bits per heavy atom. The van der Waals surface area contributed by atoms with Gasteiger partial charge in [0.15, 0.2) is 0 Å². The molecule has 0 aromatic carbocycles. The van der Waals surface area contributed by atoms with Crippen molar-refractivity contribution < 1.29 is 20.9 Å². The molecule has 0 aliphatic rings. The van der Waals surface area contributed by atoms with Gasteiger partial charge in [0, 0.05) is 0 Å². The standard InChI is InChI=1S/C16H36N4.Ta/c1-9-18(10-2)16(15(7,8)17,19(11-3)12-4)20(13-5)14-6;/h9-14H2,1-8H3;. The molecule has 5 heteroatoms. The van der Waals surface area contributed by atoms with Crippen LogP contribution in [-0.4, -0.2) is 65.3 Å². The molecule has 0 spiro atoms. The van der Waals surface area contributed by atoms with Gasteiger partial charge in [0.2, 0.25) is 0 Å². The van der Waals surface area contributed by atoms with E-state index in [0.29, 0.717) is 0 Å². The molecule has 4 nitrogen and oxygen atoms in total. The van der Waals surface area contributed by atoms with Crippen LogP contribution in [0.4, 0.5) is 0 Å². The van der Waals surface area contributed by atoms with Crippen LogP contribution in [-0.2, 0) is 20.9 Å². The van der Waals surface area contributed by atoms with Gasteiger partial charge < -0.3 is 0 Å². The Hall–Kier alpha value is 0.420. The summed E-state index contributed by atoms with van der Waals surface area (Å²) in [5, 5.41) is 0. The predicted octanol–water partition coefficient (Wildman–Crippen LogP) is 3.17. The molecule has 0 fully saturated rings. The van der Waals surface area contributed by atoms with Gasteiger partial charge in [0.25, 0.3) is 0 Å². The topological polar surface area (TPSA) is 22.1 Å². The first-order valence-electron chi connectivity index (χ1n) is 8.48. The third-order valence-corrected chi connectivity index (χ3v) is 6.48. The van der Waals surface area contributed by atoms with Crippen LogP contribution < -0.4 is 0 Å². The average Bonchev–Trinajstić information content (AvgIpc) is 2.49. The Kier molecular flexibility index (Phi) is 9.73. The molecule has 0 bridgehead atoms. The second-order valence-electron chi connectivity index (χ2n) is 5.81. The maximum atomic E-state index is 4.93. The second-order valence-corrected chi connectivity index (χ2v) is 6.53. The molecule has 0 atom stereocenters. The van der Waals surface area contributed by atoms with E-state index in [1.165, 1.54) is 0 Å². The molecule has 0 radical (unpaired) electrons. The molecule has 0 heterocycles. The molecule has 0 saturated heterocycles. The van der Waals surface area contributed by atoms with Crippen molar-refractivity contribution in [2.75, 3.05) is 39.3 Å². The zero-order valence-electron chi connectivity index (χ0n) is 15.5. The summed E-state index contributed by atoms with van der Waals surface area (Å²) in [5.41, 5.74) is -0.120. The van der Waals surface area contributed by atoms with Gasteiger partial charge in [-0.3, -0.25) is 0 Å². The SMILES string of the molecule is CCN(CC)C(N(CC)CC)(N(CC)CC)C(C)(C)[N]=[Ta]. The van der Waals surface area contributed by atoms with Crippen molar-refractivity contribution in [2.24, 2.45) is 3.34 Å². The molecule has 0 unspecified atom stereocenters. The van der Waals surface area contributed by atoms with E-state index in [-0.39, 0.29) is 11.3 Å². The fourth-order valence-corrected chi connectivity index (χ4v) is 4.30. The van der Waals surface area contributed by atoms with Gasteiger partial charge in [-0.2, -0.15) is 0 Å². The Balaban J connectivity index is 6.38. The van der Waals surface area contributed by atoms with E-state index < -0.39 is 0 Å². The van der Waals surface area contributed by atoms with E-state index >= 15 is 0 Å². The van der Waals surface area contributed by atoms with Crippen LogP contribution in [0.15, 0.2) is 3.34 Å². The summed E-state index contributed by atoms with van der Waals surface area (Å²) in [5.74, 6) is -0.141. The van der Waals surface area contributed by atoms with Gasteiger partial charge in [-0.25, -0.2) is 0 Å². The summed E-state index contributed by atoms with van der Waals surface area (Å²) in [4.78, 5) is 7.80. The number of nitrogens with zero attached hydrogens (tertiary/aromatic N) is 4. The summed E-state index contributed by atoms with van der Waals surface area (Å²) in [6.07, 6.45) is 0.